The molecule has 0 aromatic heterocycles. The van der Waals surface area contributed by atoms with Crippen LogP contribution in [0.1, 0.15) is 11.6 Å². The average molecular weight is 248 g/mol. The molecule has 1 rings (SSSR count). The fraction of sp³-hybridized carbons (Fsp3) is 0.333. The highest BCUT2D eigenvalue weighted by Crippen LogP contribution is 2.39. The van der Waals surface area contributed by atoms with Crippen molar-refractivity contribution in [3.05, 3.63) is 17.7 Å². The van der Waals surface area contributed by atoms with Gasteiger partial charge in [-0.3, -0.25) is 0 Å². The number of nitriles is 1. The quantitative estimate of drug-likeness (QED) is 0.584. The number of nitrogens with zero attached hydrogens (tertiary/aromatic N) is 2. The molecule has 1 unspecified atom stereocenters. The maximum absolute atomic E-state index is 10.3. The summed E-state index contributed by atoms with van der Waals surface area (Å²) in [5.74, 6) is 1.23. The summed E-state index contributed by atoms with van der Waals surface area (Å²) < 4.78 is 15.4. The molecule has 18 heavy (non-hydrogen) atoms. The molecule has 0 heterocycles. The Morgan fingerprint density at radius 1 is 1.17 bits per heavy atom. The van der Waals surface area contributed by atoms with Crippen molar-refractivity contribution < 1.29 is 19.0 Å². The van der Waals surface area contributed by atoms with Crippen molar-refractivity contribution in [1.29, 1.82) is 5.26 Å². The molecular formula is C12H12N2O4. The van der Waals surface area contributed by atoms with Crippen LogP contribution in [0.4, 0.5) is 0 Å². The van der Waals surface area contributed by atoms with E-state index in [0.717, 1.165) is 0 Å². The van der Waals surface area contributed by atoms with Crippen molar-refractivity contribution in [3.8, 4) is 23.3 Å². The molecule has 6 heteroatoms. The molecule has 1 aromatic rings. The fourth-order valence-corrected chi connectivity index (χ4v) is 1.51. The van der Waals surface area contributed by atoms with Crippen molar-refractivity contribution in [3.63, 3.8) is 0 Å². The lowest BCUT2D eigenvalue weighted by atomic mass is 10.1. The molecule has 1 atom stereocenters. The molecule has 0 spiro atoms. The molecular weight excluding hydrogens is 236 g/mol. The summed E-state index contributed by atoms with van der Waals surface area (Å²) in [7, 11) is 4.38. The maximum Gasteiger partial charge on any atom is 0.236 e. The van der Waals surface area contributed by atoms with Crippen LogP contribution in [-0.4, -0.2) is 27.4 Å². The molecule has 0 N–H and O–H groups in total. The lowest BCUT2D eigenvalue weighted by Gasteiger charge is -2.15. The number of benzene rings is 1. The highest BCUT2D eigenvalue weighted by Gasteiger charge is 2.21. The van der Waals surface area contributed by atoms with E-state index in [2.05, 4.69) is 4.99 Å². The summed E-state index contributed by atoms with van der Waals surface area (Å²) in [5.41, 5.74) is 0.367. The van der Waals surface area contributed by atoms with E-state index >= 15 is 0 Å². The van der Waals surface area contributed by atoms with Gasteiger partial charge >= 0.3 is 0 Å². The van der Waals surface area contributed by atoms with Crippen LogP contribution in [0.25, 0.3) is 0 Å². The summed E-state index contributed by atoms with van der Waals surface area (Å²) in [5, 5.41) is 9.01. The van der Waals surface area contributed by atoms with E-state index in [1.807, 2.05) is 6.07 Å². The zero-order valence-corrected chi connectivity index (χ0v) is 10.3. The Morgan fingerprint density at radius 3 is 2.06 bits per heavy atom. The smallest absolute Gasteiger partial charge is 0.236 e. The molecule has 0 aliphatic carbocycles. The third kappa shape index (κ3) is 2.59. The Bertz CT molecular complexity index is 490. The van der Waals surface area contributed by atoms with E-state index in [4.69, 9.17) is 19.5 Å². The van der Waals surface area contributed by atoms with Crippen LogP contribution < -0.4 is 14.2 Å². The van der Waals surface area contributed by atoms with Crippen LogP contribution in [0.2, 0.25) is 0 Å². The van der Waals surface area contributed by atoms with E-state index in [-0.39, 0.29) is 0 Å². The number of rotatable bonds is 5. The standard InChI is InChI=1S/C12H12N2O4/c1-16-8-4-10(17-2)12(11(5-8)18-3)9(6-13)14-7-15/h4-5,9H,1-3H3. The van der Waals surface area contributed by atoms with Crippen LogP contribution in [-0.2, 0) is 4.79 Å². The third-order valence-corrected chi connectivity index (χ3v) is 2.33. The SMILES string of the molecule is COc1cc(OC)c(C(C#N)N=C=O)c(OC)c1. The van der Waals surface area contributed by atoms with Crippen LogP contribution in [0, 0.1) is 11.3 Å². The van der Waals surface area contributed by atoms with Gasteiger partial charge in [0, 0.05) is 12.1 Å². The van der Waals surface area contributed by atoms with Crippen molar-refractivity contribution in [1.82, 2.24) is 0 Å². The molecule has 0 fully saturated rings. The molecule has 0 aliphatic heterocycles. The topological polar surface area (TPSA) is 80.9 Å². The molecule has 0 aliphatic rings. The van der Waals surface area contributed by atoms with E-state index in [9.17, 15) is 4.79 Å². The highest BCUT2D eigenvalue weighted by molar-refractivity contribution is 5.55. The number of isocyanates is 1. The van der Waals surface area contributed by atoms with Gasteiger partial charge in [-0.1, -0.05) is 0 Å². The van der Waals surface area contributed by atoms with Gasteiger partial charge in [0.25, 0.3) is 0 Å². The van der Waals surface area contributed by atoms with Gasteiger partial charge in [0.05, 0.1) is 33.0 Å². The molecule has 0 radical (unpaired) electrons. The second kappa shape index (κ2) is 6.28. The van der Waals surface area contributed by atoms with E-state index in [1.54, 1.807) is 12.1 Å². The van der Waals surface area contributed by atoms with E-state index in [1.165, 1.54) is 27.4 Å². The average Bonchev–Trinajstić information content (AvgIpc) is 2.43. The lowest BCUT2D eigenvalue weighted by Crippen LogP contribution is -2.01. The molecule has 0 saturated carbocycles. The molecule has 94 valence electrons. The Labute approximate surface area is 104 Å². The molecule has 0 saturated heterocycles. The van der Waals surface area contributed by atoms with Crippen LogP contribution >= 0.6 is 0 Å². The molecule has 1 aromatic carbocycles. The minimum atomic E-state index is -1.03. The predicted octanol–water partition coefficient (Wildman–Crippen LogP) is 1.61. The second-order valence-electron chi connectivity index (χ2n) is 3.20. The van der Waals surface area contributed by atoms with Crippen LogP contribution in [0.5, 0.6) is 17.2 Å². The minimum Gasteiger partial charge on any atom is -0.496 e. The third-order valence-electron chi connectivity index (χ3n) is 2.33. The molecule has 6 nitrogen and oxygen atoms in total. The zero-order valence-electron chi connectivity index (χ0n) is 10.3. The van der Waals surface area contributed by atoms with E-state index in [0.29, 0.717) is 22.8 Å². The maximum atomic E-state index is 10.3. The van der Waals surface area contributed by atoms with Crippen molar-refractivity contribution >= 4 is 6.08 Å². The van der Waals surface area contributed by atoms with Gasteiger partial charge in [-0.05, 0) is 0 Å². The van der Waals surface area contributed by atoms with Crippen molar-refractivity contribution in [2.24, 2.45) is 4.99 Å². The van der Waals surface area contributed by atoms with Crippen LogP contribution in [0.15, 0.2) is 17.1 Å². The Kier molecular flexibility index (Phi) is 4.73. The van der Waals surface area contributed by atoms with Gasteiger partial charge in [0.15, 0.2) is 6.04 Å². The number of carbonyl (C=O) groups excluding carboxylic acids is 1. The second-order valence-corrected chi connectivity index (χ2v) is 3.20. The summed E-state index contributed by atoms with van der Waals surface area (Å²) in [6, 6.07) is 4.02. The lowest BCUT2D eigenvalue weighted by molar-refractivity contribution is 0.367. The van der Waals surface area contributed by atoms with Gasteiger partial charge in [-0.15, -0.1) is 0 Å². The number of aliphatic imine (C=N–C) groups is 1. The van der Waals surface area contributed by atoms with E-state index < -0.39 is 6.04 Å². The van der Waals surface area contributed by atoms with Gasteiger partial charge in [0.1, 0.15) is 17.2 Å². The first kappa shape index (κ1) is 13.6. The summed E-state index contributed by atoms with van der Waals surface area (Å²) >= 11 is 0. The van der Waals surface area contributed by atoms with Gasteiger partial charge in [-0.2, -0.15) is 10.3 Å². The largest absolute Gasteiger partial charge is 0.496 e. The summed E-state index contributed by atoms with van der Waals surface area (Å²) in [4.78, 5) is 13.7. The molecule has 0 amide bonds. The summed E-state index contributed by atoms with van der Waals surface area (Å²) in [6.07, 6.45) is 1.36. The van der Waals surface area contributed by atoms with Crippen molar-refractivity contribution in [2.75, 3.05) is 21.3 Å². The Morgan fingerprint density at radius 2 is 1.72 bits per heavy atom. The highest BCUT2D eigenvalue weighted by atomic mass is 16.5. The van der Waals surface area contributed by atoms with Crippen molar-refractivity contribution in [2.45, 2.75) is 6.04 Å². The van der Waals surface area contributed by atoms with Crippen LogP contribution in [0.3, 0.4) is 0 Å². The fourth-order valence-electron chi connectivity index (χ4n) is 1.51. The first-order valence-corrected chi connectivity index (χ1v) is 4.98. The number of hydrogen-bond acceptors (Lipinski definition) is 6. The minimum absolute atomic E-state index is 0.358. The summed E-state index contributed by atoms with van der Waals surface area (Å²) in [6.45, 7) is 0. The monoisotopic (exact) mass is 248 g/mol. The number of methoxy groups -OCH3 is 3. The van der Waals surface area contributed by atoms with Gasteiger partial charge < -0.3 is 14.2 Å². The molecule has 0 bridgehead atoms. The zero-order chi connectivity index (χ0) is 13.5. The number of ether oxygens (including phenoxy) is 3. The van der Waals surface area contributed by atoms with Gasteiger partial charge in [0.2, 0.25) is 6.08 Å². The Hall–Kier alpha value is -2.51. The number of hydrogen-bond donors (Lipinski definition) is 0. The first-order chi connectivity index (χ1) is 8.71. The normalized spacial score (nSPS) is 10.8. The predicted molar refractivity (Wildman–Crippen MR) is 62.6 cm³/mol. The van der Waals surface area contributed by atoms with Gasteiger partial charge in [-0.25, -0.2) is 4.79 Å². The Balaban J connectivity index is 3.48. The first-order valence-electron chi connectivity index (χ1n) is 4.98.